The zero-order valence-electron chi connectivity index (χ0n) is 17.9. The summed E-state index contributed by atoms with van der Waals surface area (Å²) in [4.78, 5) is 28.1. The van der Waals surface area contributed by atoms with E-state index in [0.717, 1.165) is 38.5 Å². The van der Waals surface area contributed by atoms with Crippen LogP contribution in [0.1, 0.15) is 40.0 Å². The number of carbonyl (C=O) groups excluding carboxylic acids is 1. The van der Waals surface area contributed by atoms with Crippen molar-refractivity contribution in [1.29, 1.82) is 0 Å². The molecule has 0 aliphatic rings. The summed E-state index contributed by atoms with van der Waals surface area (Å²) in [5.41, 5.74) is 3.54. The Hall–Kier alpha value is -3.52. The highest BCUT2D eigenvalue weighted by Gasteiger charge is 2.12. The van der Waals surface area contributed by atoms with E-state index in [2.05, 4.69) is 20.5 Å². The molecular formula is C24H24N4O3S. The maximum Gasteiger partial charge on any atom is 0.322 e. The second-order valence-corrected chi connectivity index (χ2v) is 8.72. The van der Waals surface area contributed by atoms with Crippen LogP contribution in [0, 0.1) is 6.92 Å². The zero-order valence-corrected chi connectivity index (χ0v) is 18.7. The molecule has 2 N–H and O–H groups in total. The first-order chi connectivity index (χ1) is 15.5. The number of hydrogen-bond donors (Lipinski definition) is 2. The number of carbonyl (C=O) groups is 1. The minimum Gasteiger partial charge on any atom is -0.489 e. The maximum atomic E-state index is 12.5. The molecule has 0 saturated carbocycles. The number of benzene rings is 2. The molecule has 2 heterocycles. The fourth-order valence-electron chi connectivity index (χ4n) is 3.46. The molecule has 2 aromatic heterocycles. The number of amides is 1. The molecule has 4 rings (SSSR count). The highest BCUT2D eigenvalue weighted by atomic mass is 32.1. The maximum absolute atomic E-state index is 12.5. The van der Waals surface area contributed by atoms with Crippen molar-refractivity contribution >= 4 is 28.1 Å². The van der Waals surface area contributed by atoms with Gasteiger partial charge in [-0.1, -0.05) is 29.5 Å². The van der Waals surface area contributed by atoms with Gasteiger partial charge in [-0.25, -0.2) is 5.10 Å². The summed E-state index contributed by atoms with van der Waals surface area (Å²) in [6.45, 7) is 4.33. The fourth-order valence-corrected chi connectivity index (χ4v) is 4.08. The minimum atomic E-state index is -0.161. The third-order valence-electron chi connectivity index (χ3n) is 5.09. The van der Waals surface area contributed by atoms with Gasteiger partial charge >= 0.3 is 4.87 Å². The lowest BCUT2D eigenvalue weighted by atomic mass is 10.1. The first kappa shape index (κ1) is 21.7. The molecule has 1 unspecified atom stereocenters. The Balaban J connectivity index is 1.33. The van der Waals surface area contributed by atoms with Gasteiger partial charge in [0, 0.05) is 34.7 Å². The topological polar surface area (TPSA) is 97.0 Å². The monoisotopic (exact) mass is 448 g/mol. The largest absolute Gasteiger partial charge is 0.489 e. The minimum absolute atomic E-state index is 0.0411. The number of H-pyrrole nitrogens is 1. The molecule has 164 valence electrons. The molecule has 0 spiro atoms. The van der Waals surface area contributed by atoms with Crippen molar-refractivity contribution in [2.75, 3.05) is 0 Å². The molecule has 0 aliphatic carbocycles. The Morgan fingerprint density at radius 2 is 1.97 bits per heavy atom. The summed E-state index contributed by atoms with van der Waals surface area (Å²) in [7, 11) is 0. The number of rotatable bonds is 8. The van der Waals surface area contributed by atoms with E-state index in [4.69, 9.17) is 4.74 Å². The number of nitrogens with one attached hydrogen (secondary N) is 2. The predicted octanol–water partition coefficient (Wildman–Crippen LogP) is 4.02. The zero-order chi connectivity index (χ0) is 22.5. The Morgan fingerprint density at radius 3 is 2.72 bits per heavy atom. The van der Waals surface area contributed by atoms with Crippen LogP contribution in [-0.2, 0) is 13.0 Å². The van der Waals surface area contributed by atoms with E-state index in [1.807, 2.05) is 44.2 Å². The number of aromatic nitrogens is 3. The van der Waals surface area contributed by atoms with Crippen molar-refractivity contribution in [1.82, 2.24) is 20.5 Å². The van der Waals surface area contributed by atoms with Crippen LogP contribution in [0.4, 0.5) is 0 Å². The van der Waals surface area contributed by atoms with E-state index < -0.39 is 0 Å². The summed E-state index contributed by atoms with van der Waals surface area (Å²) in [5, 5.41) is 11.2. The van der Waals surface area contributed by atoms with E-state index in [1.54, 1.807) is 24.3 Å². The molecule has 1 atom stereocenters. The Kier molecular flexibility index (Phi) is 6.61. The number of ether oxygens (including phenoxy) is 1. The van der Waals surface area contributed by atoms with Gasteiger partial charge in [0.2, 0.25) is 0 Å². The molecule has 8 heteroatoms. The van der Waals surface area contributed by atoms with Crippen LogP contribution >= 0.6 is 11.3 Å². The molecule has 4 aromatic rings. The Labute approximate surface area is 189 Å². The smallest absolute Gasteiger partial charge is 0.322 e. The van der Waals surface area contributed by atoms with Crippen molar-refractivity contribution in [3.8, 4) is 5.75 Å². The van der Waals surface area contributed by atoms with Gasteiger partial charge in [-0.2, -0.15) is 5.10 Å². The van der Waals surface area contributed by atoms with Crippen molar-refractivity contribution < 1.29 is 9.53 Å². The predicted molar refractivity (Wildman–Crippen MR) is 125 cm³/mol. The molecular weight excluding hydrogens is 424 g/mol. The normalized spacial score (nSPS) is 11.9. The fraction of sp³-hybridized carbons (Fsp3) is 0.250. The molecule has 0 bridgehead atoms. The van der Waals surface area contributed by atoms with Crippen LogP contribution in [0.2, 0.25) is 0 Å². The lowest BCUT2D eigenvalue weighted by Crippen LogP contribution is -2.32. The molecule has 0 aliphatic heterocycles. The average molecular weight is 449 g/mol. The number of aryl methyl sites for hydroxylation is 2. The van der Waals surface area contributed by atoms with Gasteiger partial charge in [0.15, 0.2) is 0 Å². The summed E-state index contributed by atoms with van der Waals surface area (Å²) >= 11 is 1.10. The standard InChI is InChI=1S/C24H24N4O3S/c1-15(7-12-22-27-28-24(30)32-22)26-23(29)17-8-10-19(11-9-17)31-14-18-13-16(2)25-21-6-4-3-5-20(18)21/h3-6,8-11,13,15H,7,12,14H2,1-2H3,(H,26,29)(H,28,30). The highest BCUT2D eigenvalue weighted by molar-refractivity contribution is 7.08. The van der Waals surface area contributed by atoms with Gasteiger partial charge < -0.3 is 10.1 Å². The van der Waals surface area contributed by atoms with E-state index in [9.17, 15) is 9.59 Å². The molecule has 32 heavy (non-hydrogen) atoms. The van der Waals surface area contributed by atoms with Gasteiger partial charge in [-0.15, -0.1) is 0 Å². The quantitative estimate of drug-likeness (QED) is 0.424. The van der Waals surface area contributed by atoms with Crippen LogP contribution in [0.25, 0.3) is 10.9 Å². The average Bonchev–Trinajstić information content (AvgIpc) is 3.21. The van der Waals surface area contributed by atoms with Gasteiger partial charge in [0.25, 0.3) is 5.91 Å². The van der Waals surface area contributed by atoms with Gasteiger partial charge in [0.05, 0.1) is 5.52 Å². The third kappa shape index (κ3) is 5.39. The number of pyridine rings is 1. The van der Waals surface area contributed by atoms with Crippen LogP contribution in [-0.4, -0.2) is 27.1 Å². The van der Waals surface area contributed by atoms with Crippen molar-refractivity contribution in [2.24, 2.45) is 0 Å². The number of fused-ring (bicyclic) bond motifs is 1. The molecule has 0 fully saturated rings. The van der Waals surface area contributed by atoms with E-state index in [-0.39, 0.29) is 16.8 Å². The van der Waals surface area contributed by atoms with Gasteiger partial charge in [-0.3, -0.25) is 14.6 Å². The van der Waals surface area contributed by atoms with Gasteiger partial charge in [0.1, 0.15) is 17.4 Å². The molecule has 7 nitrogen and oxygen atoms in total. The van der Waals surface area contributed by atoms with Crippen LogP contribution < -0.4 is 14.9 Å². The molecule has 0 saturated heterocycles. The lowest BCUT2D eigenvalue weighted by Gasteiger charge is -2.14. The number of nitrogens with zero attached hydrogens (tertiary/aromatic N) is 2. The van der Waals surface area contributed by atoms with Crippen LogP contribution in [0.15, 0.2) is 59.4 Å². The molecule has 2 aromatic carbocycles. The molecule has 0 radical (unpaired) electrons. The third-order valence-corrected chi connectivity index (χ3v) is 5.90. The number of aromatic amines is 1. The van der Waals surface area contributed by atoms with Crippen molar-refractivity contribution in [3.05, 3.63) is 86.1 Å². The SMILES string of the molecule is Cc1cc(COc2ccc(C(=O)NC(C)CCc3n[nH]c(=O)s3)cc2)c2ccccc2n1. The lowest BCUT2D eigenvalue weighted by molar-refractivity contribution is 0.0938. The first-order valence-corrected chi connectivity index (χ1v) is 11.2. The first-order valence-electron chi connectivity index (χ1n) is 10.4. The van der Waals surface area contributed by atoms with Crippen molar-refractivity contribution in [2.45, 2.75) is 39.3 Å². The Morgan fingerprint density at radius 1 is 1.19 bits per heavy atom. The summed E-state index contributed by atoms with van der Waals surface area (Å²) in [6, 6.07) is 17.1. The highest BCUT2D eigenvalue weighted by Crippen LogP contribution is 2.21. The summed E-state index contributed by atoms with van der Waals surface area (Å²) in [6.07, 6.45) is 1.34. The van der Waals surface area contributed by atoms with E-state index >= 15 is 0 Å². The molecule has 1 amide bonds. The second kappa shape index (κ2) is 9.74. The summed E-state index contributed by atoms with van der Waals surface area (Å²) < 4.78 is 5.97. The van der Waals surface area contributed by atoms with Crippen molar-refractivity contribution in [3.63, 3.8) is 0 Å². The second-order valence-electron chi connectivity index (χ2n) is 7.67. The number of para-hydroxylation sites is 1. The van der Waals surface area contributed by atoms with E-state index in [0.29, 0.717) is 30.8 Å². The summed E-state index contributed by atoms with van der Waals surface area (Å²) in [5.74, 6) is 0.552. The van der Waals surface area contributed by atoms with Gasteiger partial charge in [-0.05, 0) is 56.7 Å². The Bertz CT molecular complexity index is 1280. The van der Waals surface area contributed by atoms with E-state index in [1.165, 1.54) is 0 Å². The number of hydrogen-bond acceptors (Lipinski definition) is 6. The van der Waals surface area contributed by atoms with Crippen LogP contribution in [0.5, 0.6) is 5.75 Å². The van der Waals surface area contributed by atoms with Crippen LogP contribution in [0.3, 0.4) is 0 Å².